The molecule has 33 heavy (non-hydrogen) atoms. The first-order chi connectivity index (χ1) is 15.6. The molecular weight excluding hydrogens is 444 g/mol. The molecule has 0 fully saturated rings. The van der Waals surface area contributed by atoms with Crippen molar-refractivity contribution in [2.24, 2.45) is 5.73 Å². The molecule has 1 amide bonds. The molecule has 13 heteroatoms. The second-order valence-electron chi connectivity index (χ2n) is 6.52. The highest BCUT2D eigenvalue weighted by Gasteiger charge is 2.30. The number of amides is 1. The highest BCUT2D eigenvalue weighted by atomic mass is 16.6. The van der Waals surface area contributed by atoms with Crippen LogP contribution in [0, 0.1) is 0 Å². The number of hydrogen-bond donors (Lipinski definition) is 3. The third-order valence-electron chi connectivity index (χ3n) is 3.50. The molecule has 0 aliphatic carbocycles. The zero-order chi connectivity index (χ0) is 25.2. The molecule has 0 aromatic rings. The van der Waals surface area contributed by atoms with E-state index in [1.165, 1.54) is 6.92 Å². The fraction of sp³-hybridized carbons (Fsp3) is 0.700. The van der Waals surface area contributed by atoms with Crippen LogP contribution in [0.2, 0.25) is 0 Å². The molecular formula is C20H34N2O11. The van der Waals surface area contributed by atoms with Crippen molar-refractivity contribution >= 4 is 23.8 Å². The van der Waals surface area contributed by atoms with Gasteiger partial charge < -0.3 is 44.6 Å². The van der Waals surface area contributed by atoms with Crippen LogP contribution in [0.1, 0.15) is 34.1 Å². The van der Waals surface area contributed by atoms with Gasteiger partial charge in [0.15, 0.2) is 18.2 Å². The van der Waals surface area contributed by atoms with E-state index in [0.717, 1.165) is 20.8 Å². The first kappa shape index (κ1) is 30.4. The topological polar surface area (TPSA) is 182 Å². The fourth-order valence-corrected chi connectivity index (χ4v) is 2.34. The van der Waals surface area contributed by atoms with Crippen LogP contribution in [-0.4, -0.2) is 87.5 Å². The standard InChI is InChI=1S/C20H34N2O11/c1-13(23)22-18(20(27)31-12-11-29-10-9-28-8-6-21)19(33-16(4)26)17(32-15(3)25)5-7-30-14(2)24/h17,20,27H,5-12,21H2,1-4H3,(H,22,23)/b19-18+. The molecule has 0 aromatic carbocycles. The summed E-state index contributed by atoms with van der Waals surface area (Å²) >= 11 is 0. The van der Waals surface area contributed by atoms with Crippen LogP contribution in [0.5, 0.6) is 0 Å². The number of carbonyl (C=O) groups excluding carboxylic acids is 4. The summed E-state index contributed by atoms with van der Waals surface area (Å²) < 4.78 is 30.9. The van der Waals surface area contributed by atoms with E-state index in [1.54, 1.807) is 0 Å². The van der Waals surface area contributed by atoms with Crippen molar-refractivity contribution in [1.29, 1.82) is 0 Å². The average molecular weight is 478 g/mol. The summed E-state index contributed by atoms with van der Waals surface area (Å²) in [6, 6.07) is 0. The Labute approximate surface area is 192 Å². The molecule has 0 rings (SSSR count). The van der Waals surface area contributed by atoms with Gasteiger partial charge in [-0.3, -0.25) is 19.2 Å². The molecule has 0 heterocycles. The number of nitrogens with two attached hydrogens (primary N) is 1. The summed E-state index contributed by atoms with van der Waals surface area (Å²) in [5, 5.41) is 12.8. The van der Waals surface area contributed by atoms with Crippen molar-refractivity contribution in [3.05, 3.63) is 11.5 Å². The monoisotopic (exact) mass is 478 g/mol. The van der Waals surface area contributed by atoms with Gasteiger partial charge in [-0.15, -0.1) is 0 Å². The summed E-state index contributed by atoms with van der Waals surface area (Å²) in [5.74, 6) is -3.12. The largest absolute Gasteiger partial charge is 0.466 e. The Balaban J connectivity index is 5.50. The van der Waals surface area contributed by atoms with Crippen molar-refractivity contribution in [3.63, 3.8) is 0 Å². The van der Waals surface area contributed by atoms with Gasteiger partial charge in [0, 0.05) is 40.7 Å². The molecule has 0 bridgehead atoms. The normalized spacial score (nSPS) is 13.4. The predicted molar refractivity (Wildman–Crippen MR) is 112 cm³/mol. The second-order valence-corrected chi connectivity index (χ2v) is 6.52. The highest BCUT2D eigenvalue weighted by Crippen LogP contribution is 2.20. The highest BCUT2D eigenvalue weighted by molar-refractivity contribution is 5.75. The first-order valence-electron chi connectivity index (χ1n) is 10.2. The summed E-state index contributed by atoms with van der Waals surface area (Å²) in [4.78, 5) is 46.1. The van der Waals surface area contributed by atoms with Crippen molar-refractivity contribution in [1.82, 2.24) is 5.32 Å². The van der Waals surface area contributed by atoms with E-state index in [9.17, 15) is 24.3 Å². The Kier molecular flexibility index (Phi) is 16.5. The fourth-order valence-electron chi connectivity index (χ4n) is 2.34. The van der Waals surface area contributed by atoms with E-state index in [4.69, 9.17) is 34.2 Å². The Hall–Kier alpha value is -2.58. The number of carbonyl (C=O) groups is 4. The molecule has 190 valence electrons. The van der Waals surface area contributed by atoms with Gasteiger partial charge in [-0.25, -0.2) is 0 Å². The van der Waals surface area contributed by atoms with Gasteiger partial charge >= 0.3 is 17.9 Å². The Morgan fingerprint density at radius 1 is 0.848 bits per heavy atom. The maximum Gasteiger partial charge on any atom is 0.307 e. The van der Waals surface area contributed by atoms with E-state index in [0.29, 0.717) is 19.8 Å². The summed E-state index contributed by atoms with van der Waals surface area (Å²) in [6.07, 6.45) is -3.17. The van der Waals surface area contributed by atoms with Gasteiger partial charge in [0.2, 0.25) is 5.91 Å². The van der Waals surface area contributed by atoms with E-state index in [-0.39, 0.29) is 44.3 Å². The quantitative estimate of drug-likeness (QED) is 0.0772. The van der Waals surface area contributed by atoms with Gasteiger partial charge in [-0.1, -0.05) is 0 Å². The molecule has 0 radical (unpaired) electrons. The number of esters is 3. The Morgan fingerprint density at radius 2 is 1.45 bits per heavy atom. The van der Waals surface area contributed by atoms with Gasteiger partial charge in [-0.2, -0.15) is 0 Å². The lowest BCUT2D eigenvalue weighted by Crippen LogP contribution is -2.36. The van der Waals surface area contributed by atoms with Crippen molar-refractivity contribution in [3.8, 4) is 0 Å². The van der Waals surface area contributed by atoms with Crippen LogP contribution in [0.25, 0.3) is 0 Å². The molecule has 0 aliphatic heterocycles. The molecule has 0 aliphatic rings. The lowest BCUT2D eigenvalue weighted by atomic mass is 10.1. The van der Waals surface area contributed by atoms with Gasteiger partial charge in [0.1, 0.15) is 5.70 Å². The lowest BCUT2D eigenvalue weighted by Gasteiger charge is -2.25. The smallest absolute Gasteiger partial charge is 0.307 e. The average Bonchev–Trinajstić information content (AvgIpc) is 2.70. The maximum atomic E-state index is 11.7. The van der Waals surface area contributed by atoms with E-state index < -0.39 is 36.2 Å². The van der Waals surface area contributed by atoms with E-state index >= 15 is 0 Å². The molecule has 0 saturated carbocycles. The predicted octanol–water partition coefficient (Wildman–Crippen LogP) is -0.891. The zero-order valence-corrected chi connectivity index (χ0v) is 19.4. The molecule has 4 N–H and O–H groups in total. The van der Waals surface area contributed by atoms with Crippen molar-refractivity contribution < 1.29 is 52.7 Å². The SMILES string of the molecule is CC(=O)N/C(=C(/OC(C)=O)C(CCOC(C)=O)OC(C)=O)C(O)OCCOCCOCCN. The Morgan fingerprint density at radius 3 is 1.97 bits per heavy atom. The molecule has 0 aromatic heterocycles. The van der Waals surface area contributed by atoms with Crippen LogP contribution >= 0.6 is 0 Å². The maximum absolute atomic E-state index is 11.7. The third kappa shape index (κ3) is 15.8. The van der Waals surface area contributed by atoms with Crippen molar-refractivity contribution in [2.75, 3.05) is 46.2 Å². The zero-order valence-electron chi connectivity index (χ0n) is 19.4. The minimum absolute atomic E-state index is 0.0825. The van der Waals surface area contributed by atoms with Gasteiger partial charge in [-0.05, 0) is 0 Å². The van der Waals surface area contributed by atoms with Gasteiger partial charge in [0.25, 0.3) is 0 Å². The minimum Gasteiger partial charge on any atom is -0.466 e. The summed E-state index contributed by atoms with van der Waals surface area (Å²) in [7, 11) is 0. The number of hydrogen-bond acceptors (Lipinski definition) is 12. The Bertz CT molecular complexity index is 666. The van der Waals surface area contributed by atoms with E-state index in [1.807, 2.05) is 0 Å². The van der Waals surface area contributed by atoms with Crippen LogP contribution in [0.4, 0.5) is 0 Å². The summed E-state index contributed by atoms with van der Waals surface area (Å²) in [6.45, 7) is 5.74. The van der Waals surface area contributed by atoms with Crippen molar-refractivity contribution in [2.45, 2.75) is 46.5 Å². The first-order valence-corrected chi connectivity index (χ1v) is 10.2. The number of nitrogens with one attached hydrogen (secondary N) is 1. The van der Waals surface area contributed by atoms with Crippen LogP contribution in [0.3, 0.4) is 0 Å². The summed E-state index contributed by atoms with van der Waals surface area (Å²) in [5.41, 5.74) is 4.95. The molecule has 2 atom stereocenters. The third-order valence-corrected chi connectivity index (χ3v) is 3.50. The lowest BCUT2D eigenvalue weighted by molar-refractivity contribution is -0.153. The second kappa shape index (κ2) is 17.9. The molecule has 2 unspecified atom stereocenters. The van der Waals surface area contributed by atoms with Crippen LogP contribution in [-0.2, 0) is 47.6 Å². The number of ether oxygens (including phenoxy) is 6. The van der Waals surface area contributed by atoms with E-state index in [2.05, 4.69) is 5.32 Å². The molecule has 13 nitrogen and oxygen atoms in total. The van der Waals surface area contributed by atoms with Crippen LogP contribution in [0.15, 0.2) is 11.5 Å². The van der Waals surface area contributed by atoms with Crippen LogP contribution < -0.4 is 11.1 Å². The minimum atomic E-state index is -1.77. The molecule has 0 saturated heterocycles. The number of aliphatic hydroxyl groups is 1. The number of aliphatic hydroxyl groups excluding tert-OH is 1. The molecule has 0 spiro atoms. The van der Waals surface area contributed by atoms with Gasteiger partial charge in [0.05, 0.1) is 39.6 Å². The number of rotatable bonds is 17.